The molecule has 184 valence electrons. The van der Waals surface area contributed by atoms with E-state index in [9.17, 15) is 9.50 Å². The molecule has 35 heavy (non-hydrogen) atoms. The SMILES string of the molecule is Cc1nc2cc(OC[C@@H](O)CN3CCN(Cc4cc(-c5ccccc5F)on4)[C@@H](C)C3)ccc2s1. The first-order valence-electron chi connectivity index (χ1n) is 11.8. The summed E-state index contributed by atoms with van der Waals surface area (Å²) >= 11 is 1.66. The quantitative estimate of drug-likeness (QED) is 0.389. The number of thiazole rings is 1. The van der Waals surface area contributed by atoms with Crippen LogP contribution in [0.4, 0.5) is 4.39 Å². The Bertz CT molecular complexity index is 1290. The molecule has 0 unspecified atom stereocenters. The van der Waals surface area contributed by atoms with Crippen molar-refractivity contribution in [2.75, 3.05) is 32.8 Å². The molecule has 1 saturated heterocycles. The van der Waals surface area contributed by atoms with E-state index in [1.165, 1.54) is 6.07 Å². The summed E-state index contributed by atoms with van der Waals surface area (Å²) < 4.78 is 26.4. The number of aryl methyl sites for hydroxylation is 1. The summed E-state index contributed by atoms with van der Waals surface area (Å²) in [6, 6.07) is 14.5. The second-order valence-electron chi connectivity index (χ2n) is 9.07. The molecule has 1 fully saturated rings. The third-order valence-corrected chi connectivity index (χ3v) is 7.24. The summed E-state index contributed by atoms with van der Waals surface area (Å²) in [5.41, 5.74) is 2.13. The molecule has 4 aromatic rings. The van der Waals surface area contributed by atoms with Crippen molar-refractivity contribution in [2.24, 2.45) is 0 Å². The lowest BCUT2D eigenvalue weighted by Gasteiger charge is -2.40. The molecule has 9 heteroatoms. The van der Waals surface area contributed by atoms with Crippen molar-refractivity contribution in [3.63, 3.8) is 0 Å². The zero-order chi connectivity index (χ0) is 24.4. The van der Waals surface area contributed by atoms with Crippen LogP contribution >= 0.6 is 11.3 Å². The van der Waals surface area contributed by atoms with E-state index in [1.807, 2.05) is 31.2 Å². The number of aliphatic hydroxyl groups is 1. The van der Waals surface area contributed by atoms with Gasteiger partial charge in [0.25, 0.3) is 0 Å². The molecule has 0 radical (unpaired) electrons. The molecule has 1 aliphatic rings. The highest BCUT2D eigenvalue weighted by Gasteiger charge is 2.26. The van der Waals surface area contributed by atoms with Gasteiger partial charge in [-0.1, -0.05) is 17.3 Å². The summed E-state index contributed by atoms with van der Waals surface area (Å²) in [4.78, 5) is 9.08. The van der Waals surface area contributed by atoms with Gasteiger partial charge in [0.1, 0.15) is 24.3 Å². The predicted octanol–water partition coefficient (Wildman–Crippen LogP) is 4.34. The second kappa shape index (κ2) is 10.4. The van der Waals surface area contributed by atoms with E-state index in [0.717, 1.165) is 46.3 Å². The third kappa shape index (κ3) is 5.70. The predicted molar refractivity (Wildman–Crippen MR) is 134 cm³/mol. The molecule has 0 spiro atoms. The molecule has 0 aliphatic carbocycles. The molecule has 2 aromatic heterocycles. The number of piperazine rings is 1. The Balaban J connectivity index is 1.10. The third-order valence-electron chi connectivity index (χ3n) is 6.29. The Morgan fingerprint density at radius 2 is 2.09 bits per heavy atom. The second-order valence-corrected chi connectivity index (χ2v) is 10.3. The number of aliphatic hydroxyl groups excluding tert-OH is 1. The summed E-state index contributed by atoms with van der Waals surface area (Å²) in [5.74, 6) is 0.845. The maximum absolute atomic E-state index is 14.0. The van der Waals surface area contributed by atoms with Gasteiger partial charge >= 0.3 is 0 Å². The molecule has 3 heterocycles. The number of fused-ring (bicyclic) bond motifs is 1. The first-order chi connectivity index (χ1) is 16.9. The lowest BCUT2D eigenvalue weighted by Crippen LogP contribution is -2.53. The van der Waals surface area contributed by atoms with Gasteiger partial charge in [-0.05, 0) is 38.1 Å². The number of halogens is 1. The van der Waals surface area contributed by atoms with Gasteiger partial charge in [-0.25, -0.2) is 9.37 Å². The summed E-state index contributed by atoms with van der Waals surface area (Å²) in [6.45, 7) is 8.09. The minimum Gasteiger partial charge on any atom is -0.491 e. The number of rotatable bonds is 8. The molecule has 2 atom stereocenters. The van der Waals surface area contributed by atoms with Crippen molar-refractivity contribution in [3.05, 3.63) is 65.0 Å². The van der Waals surface area contributed by atoms with Crippen molar-refractivity contribution in [3.8, 4) is 17.1 Å². The van der Waals surface area contributed by atoms with E-state index < -0.39 is 6.10 Å². The van der Waals surface area contributed by atoms with Gasteiger partial charge in [-0.15, -0.1) is 11.3 Å². The Morgan fingerprint density at radius 1 is 1.23 bits per heavy atom. The van der Waals surface area contributed by atoms with Gasteiger partial charge < -0.3 is 14.4 Å². The topological polar surface area (TPSA) is 74.9 Å². The number of ether oxygens (including phenoxy) is 1. The number of nitrogens with zero attached hydrogens (tertiary/aromatic N) is 4. The van der Waals surface area contributed by atoms with Crippen LogP contribution in [0.5, 0.6) is 5.75 Å². The fourth-order valence-electron chi connectivity index (χ4n) is 4.51. The van der Waals surface area contributed by atoms with Crippen LogP contribution in [0.25, 0.3) is 21.5 Å². The summed E-state index contributed by atoms with van der Waals surface area (Å²) in [5, 5.41) is 15.7. The smallest absolute Gasteiger partial charge is 0.170 e. The Labute approximate surface area is 207 Å². The van der Waals surface area contributed by atoms with Crippen LogP contribution in [-0.2, 0) is 6.54 Å². The van der Waals surface area contributed by atoms with Crippen molar-refractivity contribution in [2.45, 2.75) is 32.5 Å². The first kappa shape index (κ1) is 23.9. The van der Waals surface area contributed by atoms with Crippen LogP contribution in [0.1, 0.15) is 17.6 Å². The maximum atomic E-state index is 14.0. The van der Waals surface area contributed by atoms with E-state index in [0.29, 0.717) is 24.4 Å². The average molecular weight is 497 g/mol. The lowest BCUT2D eigenvalue weighted by atomic mass is 10.1. The van der Waals surface area contributed by atoms with Crippen LogP contribution in [0.15, 0.2) is 53.1 Å². The fraction of sp³-hybridized carbons (Fsp3) is 0.385. The van der Waals surface area contributed by atoms with E-state index in [1.54, 1.807) is 29.5 Å². The van der Waals surface area contributed by atoms with Gasteiger partial charge in [0.2, 0.25) is 0 Å². The van der Waals surface area contributed by atoms with Crippen molar-refractivity contribution >= 4 is 21.6 Å². The number of hydrogen-bond acceptors (Lipinski definition) is 8. The molecule has 2 aromatic carbocycles. The standard InChI is InChI=1S/C26H29FN4O3S/c1-17-13-30(15-20(32)16-33-21-7-8-26-24(12-21)28-18(2)35-26)9-10-31(17)14-19-11-25(34-29-19)22-5-3-4-6-23(22)27/h3-8,11-12,17,20,32H,9-10,13-16H2,1-2H3/t17-,20-/m0/s1. The van der Waals surface area contributed by atoms with Gasteiger partial charge in [0.05, 0.1) is 26.5 Å². The molecule has 1 aliphatic heterocycles. The monoisotopic (exact) mass is 496 g/mol. The number of aromatic nitrogens is 2. The highest BCUT2D eigenvalue weighted by molar-refractivity contribution is 7.18. The number of hydrogen-bond donors (Lipinski definition) is 1. The van der Waals surface area contributed by atoms with E-state index in [4.69, 9.17) is 9.26 Å². The Kier molecular flexibility index (Phi) is 7.10. The van der Waals surface area contributed by atoms with Crippen molar-refractivity contribution < 1.29 is 18.8 Å². The summed E-state index contributed by atoms with van der Waals surface area (Å²) in [7, 11) is 0. The van der Waals surface area contributed by atoms with Crippen LogP contribution in [0, 0.1) is 12.7 Å². The molecular formula is C26H29FN4O3S. The zero-order valence-corrected chi connectivity index (χ0v) is 20.7. The molecule has 0 saturated carbocycles. The van der Waals surface area contributed by atoms with Crippen LogP contribution < -0.4 is 4.74 Å². The highest BCUT2D eigenvalue weighted by atomic mass is 32.1. The van der Waals surface area contributed by atoms with Crippen molar-refractivity contribution in [1.82, 2.24) is 19.9 Å². The van der Waals surface area contributed by atoms with E-state index in [2.05, 4.69) is 26.9 Å². The molecular weight excluding hydrogens is 467 g/mol. The van der Waals surface area contributed by atoms with Gasteiger partial charge in [-0.2, -0.15) is 0 Å². The lowest BCUT2D eigenvalue weighted by molar-refractivity contribution is 0.0250. The minimum atomic E-state index is -0.583. The molecule has 1 N–H and O–H groups in total. The first-order valence-corrected chi connectivity index (χ1v) is 12.6. The van der Waals surface area contributed by atoms with Crippen LogP contribution in [-0.4, -0.2) is 70.0 Å². The molecule has 0 bridgehead atoms. The fourth-order valence-corrected chi connectivity index (χ4v) is 5.32. The largest absolute Gasteiger partial charge is 0.491 e. The minimum absolute atomic E-state index is 0.237. The normalized spacial score (nSPS) is 18.2. The molecule has 5 rings (SSSR count). The van der Waals surface area contributed by atoms with Gasteiger partial charge in [-0.3, -0.25) is 9.80 Å². The number of benzene rings is 2. The summed E-state index contributed by atoms with van der Waals surface area (Å²) in [6.07, 6.45) is -0.583. The average Bonchev–Trinajstić information content (AvgIpc) is 3.45. The molecule has 0 amide bonds. The zero-order valence-electron chi connectivity index (χ0n) is 19.9. The van der Waals surface area contributed by atoms with E-state index >= 15 is 0 Å². The van der Waals surface area contributed by atoms with Crippen molar-refractivity contribution in [1.29, 1.82) is 0 Å². The van der Waals surface area contributed by atoms with Crippen LogP contribution in [0.2, 0.25) is 0 Å². The molecule has 7 nitrogen and oxygen atoms in total. The Hall–Kier alpha value is -2.85. The number of β-amino-alcohol motifs (C(OH)–C–C–N with tert-alkyl or cyclic N) is 1. The Morgan fingerprint density at radius 3 is 2.91 bits per heavy atom. The maximum Gasteiger partial charge on any atom is 0.170 e. The van der Waals surface area contributed by atoms with E-state index in [-0.39, 0.29) is 18.5 Å². The van der Waals surface area contributed by atoms with Gasteiger partial charge in [0, 0.05) is 50.9 Å². The highest BCUT2D eigenvalue weighted by Crippen LogP contribution is 2.26. The van der Waals surface area contributed by atoms with Gasteiger partial charge in [0.15, 0.2) is 5.76 Å². The van der Waals surface area contributed by atoms with Crippen LogP contribution in [0.3, 0.4) is 0 Å².